The van der Waals surface area contributed by atoms with Gasteiger partial charge in [-0.15, -0.1) is 0 Å². The largest absolute Gasteiger partial charge is 0.444 e. The van der Waals surface area contributed by atoms with Crippen LogP contribution in [0.15, 0.2) is 18.7 Å². The Morgan fingerprint density at radius 3 is 2.47 bits per heavy atom. The summed E-state index contributed by atoms with van der Waals surface area (Å²) in [6.07, 6.45) is 4.22. The van der Waals surface area contributed by atoms with Crippen LogP contribution in [0, 0.1) is 0 Å². The van der Waals surface area contributed by atoms with E-state index in [1.165, 1.54) is 18.7 Å². The van der Waals surface area contributed by atoms with E-state index in [-0.39, 0.29) is 0 Å². The SMILES string of the molecule is CC(C)(C)OC(=O)NC(C=O)c1cncnc1. The van der Waals surface area contributed by atoms with Crippen LogP contribution in [-0.4, -0.2) is 27.9 Å². The normalized spacial score (nSPS) is 12.6. The Morgan fingerprint density at radius 2 is 2.00 bits per heavy atom. The molecule has 0 aliphatic carbocycles. The number of carbonyl (C=O) groups excluding carboxylic acids is 2. The number of aromatic nitrogens is 2. The first-order valence-corrected chi connectivity index (χ1v) is 5.12. The highest BCUT2D eigenvalue weighted by Gasteiger charge is 2.20. The molecule has 0 saturated carbocycles. The lowest BCUT2D eigenvalue weighted by Gasteiger charge is -2.21. The van der Waals surface area contributed by atoms with E-state index >= 15 is 0 Å². The second-order valence-corrected chi connectivity index (χ2v) is 4.43. The van der Waals surface area contributed by atoms with Crippen molar-refractivity contribution in [3.05, 3.63) is 24.3 Å². The third-order valence-electron chi connectivity index (χ3n) is 1.75. The molecule has 1 atom stereocenters. The molecule has 0 aliphatic rings. The molecule has 1 unspecified atom stereocenters. The fourth-order valence-corrected chi connectivity index (χ4v) is 1.10. The minimum Gasteiger partial charge on any atom is -0.444 e. The number of alkyl carbamates (subject to hydrolysis) is 1. The number of carbonyl (C=O) groups is 2. The molecule has 0 aromatic carbocycles. The number of amides is 1. The highest BCUT2D eigenvalue weighted by atomic mass is 16.6. The standard InChI is InChI=1S/C11H15N3O3/c1-11(2,3)17-10(16)14-9(6-15)8-4-12-7-13-5-8/h4-7,9H,1-3H3,(H,14,16). The topological polar surface area (TPSA) is 81.2 Å². The lowest BCUT2D eigenvalue weighted by molar-refractivity contribution is -0.109. The Morgan fingerprint density at radius 1 is 1.41 bits per heavy atom. The first kappa shape index (κ1) is 13.1. The molecular formula is C11H15N3O3. The molecule has 1 aromatic heterocycles. The van der Waals surface area contributed by atoms with Crippen molar-refractivity contribution >= 4 is 12.4 Å². The summed E-state index contributed by atoms with van der Waals surface area (Å²) in [7, 11) is 0. The monoisotopic (exact) mass is 237 g/mol. The van der Waals surface area contributed by atoms with Gasteiger partial charge < -0.3 is 14.8 Å². The first-order chi connectivity index (χ1) is 7.92. The number of hydrogen-bond donors (Lipinski definition) is 1. The zero-order valence-electron chi connectivity index (χ0n) is 10.0. The van der Waals surface area contributed by atoms with Crippen molar-refractivity contribution in [3.63, 3.8) is 0 Å². The second kappa shape index (κ2) is 5.38. The fraction of sp³-hybridized carbons (Fsp3) is 0.455. The minimum absolute atomic E-state index is 0.508. The van der Waals surface area contributed by atoms with Gasteiger partial charge in [-0.3, -0.25) is 0 Å². The van der Waals surface area contributed by atoms with E-state index in [2.05, 4.69) is 15.3 Å². The predicted molar refractivity (Wildman–Crippen MR) is 60.2 cm³/mol. The van der Waals surface area contributed by atoms with Crippen LogP contribution in [0.4, 0.5) is 4.79 Å². The van der Waals surface area contributed by atoms with E-state index in [1.54, 1.807) is 20.8 Å². The van der Waals surface area contributed by atoms with Gasteiger partial charge in [-0.25, -0.2) is 14.8 Å². The number of rotatable bonds is 3. The molecule has 1 rings (SSSR count). The van der Waals surface area contributed by atoms with Crippen molar-refractivity contribution in [1.82, 2.24) is 15.3 Å². The zero-order chi connectivity index (χ0) is 12.9. The van der Waals surface area contributed by atoms with Crippen LogP contribution in [0.2, 0.25) is 0 Å². The summed E-state index contributed by atoms with van der Waals surface area (Å²) in [6.45, 7) is 5.23. The maximum absolute atomic E-state index is 11.5. The van der Waals surface area contributed by atoms with Crippen LogP contribution in [0.25, 0.3) is 0 Å². The predicted octanol–water partition coefficient (Wildman–Crippen LogP) is 1.24. The summed E-state index contributed by atoms with van der Waals surface area (Å²) in [5.74, 6) is 0. The van der Waals surface area contributed by atoms with Crippen LogP contribution >= 0.6 is 0 Å². The van der Waals surface area contributed by atoms with Crippen LogP contribution in [0.1, 0.15) is 32.4 Å². The molecule has 92 valence electrons. The summed E-state index contributed by atoms with van der Waals surface area (Å²) >= 11 is 0. The van der Waals surface area contributed by atoms with E-state index < -0.39 is 17.7 Å². The summed E-state index contributed by atoms with van der Waals surface area (Å²) < 4.78 is 5.04. The molecule has 0 aliphatic heterocycles. The lowest BCUT2D eigenvalue weighted by Crippen LogP contribution is -2.35. The zero-order valence-corrected chi connectivity index (χ0v) is 10.0. The van der Waals surface area contributed by atoms with Crippen molar-refractivity contribution in [2.75, 3.05) is 0 Å². The van der Waals surface area contributed by atoms with Crippen LogP contribution in [0.5, 0.6) is 0 Å². The molecule has 6 heteroatoms. The van der Waals surface area contributed by atoms with Gasteiger partial charge in [0.2, 0.25) is 0 Å². The maximum atomic E-state index is 11.5. The molecule has 0 bridgehead atoms. The summed E-state index contributed by atoms with van der Waals surface area (Å²) in [4.78, 5) is 29.9. The van der Waals surface area contributed by atoms with Crippen LogP contribution < -0.4 is 5.32 Å². The molecule has 0 saturated heterocycles. The molecule has 1 aromatic rings. The van der Waals surface area contributed by atoms with Gasteiger partial charge in [0.05, 0.1) is 0 Å². The maximum Gasteiger partial charge on any atom is 0.408 e. The molecule has 0 radical (unpaired) electrons. The summed E-state index contributed by atoms with van der Waals surface area (Å²) in [5.41, 5.74) is -0.0987. The van der Waals surface area contributed by atoms with Gasteiger partial charge in [0.1, 0.15) is 24.3 Å². The smallest absolute Gasteiger partial charge is 0.408 e. The molecule has 1 N–H and O–H groups in total. The van der Waals surface area contributed by atoms with E-state index in [9.17, 15) is 9.59 Å². The Kier molecular flexibility index (Phi) is 4.14. The fourth-order valence-electron chi connectivity index (χ4n) is 1.10. The molecule has 1 amide bonds. The highest BCUT2D eigenvalue weighted by Crippen LogP contribution is 2.10. The quantitative estimate of drug-likeness (QED) is 0.800. The Bertz CT molecular complexity index is 387. The number of ether oxygens (including phenoxy) is 1. The number of nitrogens with zero attached hydrogens (tertiary/aromatic N) is 2. The number of hydrogen-bond acceptors (Lipinski definition) is 5. The van der Waals surface area contributed by atoms with Crippen molar-refractivity contribution in [3.8, 4) is 0 Å². The van der Waals surface area contributed by atoms with Crippen molar-refractivity contribution in [1.29, 1.82) is 0 Å². The minimum atomic E-state index is -0.800. The van der Waals surface area contributed by atoms with Gasteiger partial charge in [-0.2, -0.15) is 0 Å². The third-order valence-corrected chi connectivity index (χ3v) is 1.75. The average Bonchev–Trinajstić information content (AvgIpc) is 2.24. The van der Waals surface area contributed by atoms with Gasteiger partial charge >= 0.3 is 6.09 Å². The molecule has 0 fully saturated rings. The van der Waals surface area contributed by atoms with Crippen molar-refractivity contribution < 1.29 is 14.3 Å². The second-order valence-electron chi connectivity index (χ2n) is 4.43. The van der Waals surface area contributed by atoms with E-state index in [0.29, 0.717) is 11.8 Å². The van der Waals surface area contributed by atoms with E-state index in [0.717, 1.165) is 0 Å². The Hall–Kier alpha value is -1.98. The van der Waals surface area contributed by atoms with Gasteiger partial charge in [-0.1, -0.05) is 0 Å². The number of nitrogens with one attached hydrogen (secondary N) is 1. The number of aldehydes is 1. The average molecular weight is 237 g/mol. The van der Waals surface area contributed by atoms with Crippen molar-refractivity contribution in [2.24, 2.45) is 0 Å². The first-order valence-electron chi connectivity index (χ1n) is 5.12. The van der Waals surface area contributed by atoms with Crippen LogP contribution in [-0.2, 0) is 9.53 Å². The van der Waals surface area contributed by atoms with Gasteiger partial charge in [-0.05, 0) is 20.8 Å². The Balaban J connectivity index is 2.66. The molecular weight excluding hydrogens is 222 g/mol. The summed E-state index contributed by atoms with van der Waals surface area (Å²) in [5, 5.41) is 2.43. The lowest BCUT2D eigenvalue weighted by atomic mass is 10.2. The van der Waals surface area contributed by atoms with Crippen LogP contribution in [0.3, 0.4) is 0 Å². The Labute approximate surface area is 99.4 Å². The molecule has 0 spiro atoms. The van der Waals surface area contributed by atoms with Gasteiger partial charge in [0, 0.05) is 18.0 Å². The van der Waals surface area contributed by atoms with E-state index in [1.807, 2.05) is 0 Å². The highest BCUT2D eigenvalue weighted by molar-refractivity contribution is 5.74. The molecule has 1 heterocycles. The van der Waals surface area contributed by atoms with Gasteiger partial charge in [0.25, 0.3) is 0 Å². The third kappa shape index (κ3) is 4.58. The molecule has 17 heavy (non-hydrogen) atoms. The van der Waals surface area contributed by atoms with Crippen molar-refractivity contribution in [2.45, 2.75) is 32.4 Å². The molecule has 6 nitrogen and oxygen atoms in total. The van der Waals surface area contributed by atoms with Gasteiger partial charge in [0.15, 0.2) is 0 Å². The summed E-state index contributed by atoms with van der Waals surface area (Å²) in [6, 6.07) is -0.800. The van der Waals surface area contributed by atoms with E-state index in [4.69, 9.17) is 4.74 Å².